The predicted molar refractivity (Wildman–Crippen MR) is 119 cm³/mol. The molecule has 1 N–H and O–H groups in total. The number of hydrogen-bond acceptors (Lipinski definition) is 4. The highest BCUT2D eigenvalue weighted by Gasteiger charge is 2.33. The van der Waals surface area contributed by atoms with Crippen LogP contribution in [0.15, 0.2) is 54.6 Å². The number of hydrogen-bond donors (Lipinski definition) is 1. The number of alkyl halides is 3. The Balaban J connectivity index is 2.41. The number of carbonyl (C=O) groups is 2. The summed E-state index contributed by atoms with van der Waals surface area (Å²) in [5.41, 5.74) is -0.643. The standard InChI is InChI=1S/C22H26F3N3O4S/c1-4-26-21(30)16(2)27(14-17-9-6-5-7-10-17)20(29)15-28(33(3,31)32)19-12-8-11-18(13-19)22(23,24)25/h5-13,16H,4,14-15H2,1-3H3,(H,26,30)/t16-/m1/s1. The number of halogens is 3. The molecule has 0 aliphatic carbocycles. The smallest absolute Gasteiger partial charge is 0.355 e. The lowest BCUT2D eigenvalue weighted by Gasteiger charge is -2.31. The quantitative estimate of drug-likeness (QED) is 0.592. The zero-order valence-electron chi connectivity index (χ0n) is 18.5. The molecule has 2 rings (SSSR count). The summed E-state index contributed by atoms with van der Waals surface area (Å²) in [6.45, 7) is 2.79. The van der Waals surface area contributed by atoms with E-state index in [1.165, 1.54) is 17.9 Å². The molecular weight excluding hydrogens is 459 g/mol. The van der Waals surface area contributed by atoms with Gasteiger partial charge in [-0.25, -0.2) is 8.42 Å². The van der Waals surface area contributed by atoms with Crippen molar-refractivity contribution in [3.05, 3.63) is 65.7 Å². The van der Waals surface area contributed by atoms with Gasteiger partial charge in [0, 0.05) is 13.1 Å². The first-order valence-corrected chi connectivity index (χ1v) is 12.0. The van der Waals surface area contributed by atoms with E-state index in [9.17, 15) is 31.2 Å². The number of nitrogens with one attached hydrogen (secondary N) is 1. The van der Waals surface area contributed by atoms with E-state index >= 15 is 0 Å². The minimum absolute atomic E-state index is 0.0121. The molecule has 2 aromatic carbocycles. The van der Waals surface area contributed by atoms with Gasteiger partial charge in [0.15, 0.2) is 0 Å². The number of nitrogens with zero attached hydrogens (tertiary/aromatic N) is 2. The molecule has 0 spiro atoms. The van der Waals surface area contributed by atoms with Crippen molar-refractivity contribution in [2.24, 2.45) is 0 Å². The Kier molecular flexibility index (Phi) is 8.48. The summed E-state index contributed by atoms with van der Waals surface area (Å²) < 4.78 is 64.8. The number of likely N-dealkylation sites (N-methyl/N-ethyl adjacent to an activating group) is 1. The van der Waals surface area contributed by atoms with Gasteiger partial charge in [-0.05, 0) is 37.6 Å². The largest absolute Gasteiger partial charge is 0.416 e. The van der Waals surface area contributed by atoms with Crippen LogP contribution in [0.1, 0.15) is 25.0 Å². The number of rotatable bonds is 9. The molecule has 33 heavy (non-hydrogen) atoms. The van der Waals surface area contributed by atoms with Crippen LogP contribution in [0.4, 0.5) is 18.9 Å². The highest BCUT2D eigenvalue weighted by Crippen LogP contribution is 2.32. The fourth-order valence-electron chi connectivity index (χ4n) is 3.14. The van der Waals surface area contributed by atoms with Crippen molar-refractivity contribution in [1.29, 1.82) is 0 Å². The van der Waals surface area contributed by atoms with Crippen LogP contribution in [0.3, 0.4) is 0 Å². The summed E-state index contributed by atoms with van der Waals surface area (Å²) in [7, 11) is -4.12. The molecule has 180 valence electrons. The Bertz CT molecular complexity index is 1080. The summed E-state index contributed by atoms with van der Waals surface area (Å²) in [6.07, 6.45) is -3.88. The van der Waals surface area contributed by atoms with Crippen LogP contribution in [-0.2, 0) is 32.3 Å². The molecule has 7 nitrogen and oxygen atoms in total. The topological polar surface area (TPSA) is 86.8 Å². The molecule has 0 radical (unpaired) electrons. The lowest BCUT2D eigenvalue weighted by Crippen LogP contribution is -2.51. The third-order valence-electron chi connectivity index (χ3n) is 4.85. The van der Waals surface area contributed by atoms with Gasteiger partial charge in [-0.3, -0.25) is 13.9 Å². The molecule has 0 aliphatic heterocycles. The molecule has 2 amide bonds. The van der Waals surface area contributed by atoms with Crippen molar-refractivity contribution in [3.63, 3.8) is 0 Å². The lowest BCUT2D eigenvalue weighted by atomic mass is 10.1. The lowest BCUT2D eigenvalue weighted by molar-refractivity contribution is -0.139. The summed E-state index contributed by atoms with van der Waals surface area (Å²) >= 11 is 0. The minimum atomic E-state index is -4.69. The Morgan fingerprint density at radius 3 is 2.24 bits per heavy atom. The second kappa shape index (κ2) is 10.7. The van der Waals surface area contributed by atoms with Crippen molar-refractivity contribution in [1.82, 2.24) is 10.2 Å². The van der Waals surface area contributed by atoms with Crippen molar-refractivity contribution in [3.8, 4) is 0 Å². The Morgan fingerprint density at radius 2 is 1.70 bits per heavy atom. The van der Waals surface area contributed by atoms with E-state index < -0.39 is 46.2 Å². The van der Waals surface area contributed by atoms with E-state index in [2.05, 4.69) is 5.32 Å². The van der Waals surface area contributed by atoms with E-state index in [0.717, 1.165) is 18.4 Å². The van der Waals surface area contributed by atoms with E-state index in [1.54, 1.807) is 37.3 Å². The molecule has 0 heterocycles. The van der Waals surface area contributed by atoms with Crippen LogP contribution in [0, 0.1) is 0 Å². The molecule has 0 saturated carbocycles. The van der Waals surface area contributed by atoms with Gasteiger partial charge in [0.25, 0.3) is 0 Å². The van der Waals surface area contributed by atoms with Gasteiger partial charge < -0.3 is 10.2 Å². The summed E-state index contributed by atoms with van der Waals surface area (Å²) in [5.74, 6) is -1.17. The number of amides is 2. The fraction of sp³-hybridized carbons (Fsp3) is 0.364. The van der Waals surface area contributed by atoms with Gasteiger partial charge in [0.2, 0.25) is 21.8 Å². The second-order valence-electron chi connectivity index (χ2n) is 7.40. The third kappa shape index (κ3) is 7.21. The molecule has 0 aliphatic rings. The van der Waals surface area contributed by atoms with Gasteiger partial charge in [-0.2, -0.15) is 13.2 Å². The number of carbonyl (C=O) groups excluding carboxylic acids is 2. The van der Waals surface area contributed by atoms with E-state index in [4.69, 9.17) is 0 Å². The molecule has 2 aromatic rings. The molecule has 0 aromatic heterocycles. The van der Waals surface area contributed by atoms with E-state index in [1.807, 2.05) is 0 Å². The van der Waals surface area contributed by atoms with Crippen molar-refractivity contribution in [2.45, 2.75) is 32.6 Å². The summed E-state index contributed by atoms with van der Waals surface area (Å²) in [4.78, 5) is 26.9. The van der Waals surface area contributed by atoms with Crippen LogP contribution < -0.4 is 9.62 Å². The number of sulfonamides is 1. The van der Waals surface area contributed by atoms with E-state index in [0.29, 0.717) is 22.5 Å². The van der Waals surface area contributed by atoms with Crippen LogP contribution in [0.25, 0.3) is 0 Å². The first kappa shape index (κ1) is 26.2. The molecule has 0 fully saturated rings. The molecule has 0 unspecified atom stereocenters. The number of benzene rings is 2. The van der Waals surface area contributed by atoms with Gasteiger partial charge in [0.05, 0.1) is 17.5 Å². The zero-order valence-corrected chi connectivity index (χ0v) is 19.3. The average molecular weight is 486 g/mol. The summed E-state index contributed by atoms with van der Waals surface area (Å²) in [6, 6.07) is 11.5. The van der Waals surface area contributed by atoms with Gasteiger partial charge in [-0.1, -0.05) is 36.4 Å². The highest BCUT2D eigenvalue weighted by atomic mass is 32.2. The van der Waals surface area contributed by atoms with Crippen LogP contribution in [-0.4, -0.2) is 50.5 Å². The Morgan fingerprint density at radius 1 is 1.06 bits per heavy atom. The zero-order chi connectivity index (χ0) is 24.8. The van der Waals surface area contributed by atoms with Crippen LogP contribution >= 0.6 is 0 Å². The Hall–Kier alpha value is -3.08. The maximum absolute atomic E-state index is 13.2. The number of anilines is 1. The van der Waals surface area contributed by atoms with Crippen molar-refractivity contribution < 1.29 is 31.2 Å². The molecule has 0 bridgehead atoms. The SMILES string of the molecule is CCNC(=O)[C@@H](C)N(Cc1ccccc1)C(=O)CN(c1cccc(C(F)(F)F)c1)S(C)(=O)=O. The highest BCUT2D eigenvalue weighted by molar-refractivity contribution is 7.92. The maximum Gasteiger partial charge on any atom is 0.416 e. The normalized spacial score (nSPS) is 12.7. The van der Waals surface area contributed by atoms with Gasteiger partial charge >= 0.3 is 6.18 Å². The molecule has 1 atom stereocenters. The molecule has 11 heteroatoms. The second-order valence-corrected chi connectivity index (χ2v) is 9.30. The van der Waals surface area contributed by atoms with Crippen molar-refractivity contribution >= 4 is 27.5 Å². The first-order valence-electron chi connectivity index (χ1n) is 10.1. The fourth-order valence-corrected chi connectivity index (χ4v) is 3.98. The Labute approximate surface area is 191 Å². The molecular formula is C22H26F3N3O4S. The average Bonchev–Trinajstić information content (AvgIpc) is 2.74. The molecule has 0 saturated heterocycles. The predicted octanol–water partition coefficient (Wildman–Crippen LogP) is 3.02. The van der Waals surface area contributed by atoms with Gasteiger partial charge in [-0.15, -0.1) is 0 Å². The van der Waals surface area contributed by atoms with Gasteiger partial charge in [0.1, 0.15) is 12.6 Å². The first-order chi connectivity index (χ1) is 15.3. The third-order valence-corrected chi connectivity index (χ3v) is 6.00. The van der Waals surface area contributed by atoms with Crippen LogP contribution in [0.2, 0.25) is 0 Å². The van der Waals surface area contributed by atoms with Crippen molar-refractivity contribution in [2.75, 3.05) is 23.7 Å². The summed E-state index contributed by atoms with van der Waals surface area (Å²) in [5, 5.41) is 2.62. The van der Waals surface area contributed by atoms with Crippen LogP contribution in [0.5, 0.6) is 0 Å². The maximum atomic E-state index is 13.2. The minimum Gasteiger partial charge on any atom is -0.355 e. The monoisotopic (exact) mass is 485 g/mol. The van der Waals surface area contributed by atoms with E-state index in [-0.39, 0.29) is 12.2 Å².